The number of thiophene rings is 1. The zero-order chi connectivity index (χ0) is 18.7. The SMILES string of the molecule is CC.OC1COC2(CCN(Cc3ccc(F)cn3)CC2)c2sc(Cl)cc21. The van der Waals surface area contributed by atoms with Gasteiger partial charge in [-0.15, -0.1) is 11.3 Å². The Balaban J connectivity index is 0.000000948. The predicted octanol–water partition coefficient (Wildman–Crippen LogP) is 4.52. The summed E-state index contributed by atoms with van der Waals surface area (Å²) in [5.41, 5.74) is 1.45. The Labute approximate surface area is 162 Å². The molecule has 4 rings (SSSR count). The van der Waals surface area contributed by atoms with Crippen molar-refractivity contribution in [2.45, 2.75) is 44.9 Å². The van der Waals surface area contributed by atoms with Gasteiger partial charge in [0.1, 0.15) is 17.5 Å². The van der Waals surface area contributed by atoms with E-state index in [2.05, 4.69) is 9.88 Å². The van der Waals surface area contributed by atoms with Crippen LogP contribution >= 0.6 is 22.9 Å². The standard InChI is InChI=1S/C17H18ClFN2O2S.C2H6/c18-15-7-13-14(22)10-23-17(16(13)24-15)3-5-21(6-4-17)9-12-2-1-11(19)8-20-12;1-2/h1-2,7-8,14,22H,3-6,9-10H2;1-2H3. The van der Waals surface area contributed by atoms with Gasteiger partial charge >= 0.3 is 0 Å². The van der Waals surface area contributed by atoms with Crippen LogP contribution < -0.4 is 0 Å². The first kappa shape index (κ1) is 19.7. The molecule has 1 N–H and O–H groups in total. The van der Waals surface area contributed by atoms with Crippen LogP contribution in [-0.2, 0) is 16.9 Å². The molecule has 142 valence electrons. The van der Waals surface area contributed by atoms with Gasteiger partial charge in [0.05, 0.1) is 22.8 Å². The summed E-state index contributed by atoms with van der Waals surface area (Å²) < 4.78 is 19.7. The summed E-state index contributed by atoms with van der Waals surface area (Å²) in [6.07, 6.45) is 2.37. The first-order valence-electron chi connectivity index (χ1n) is 9.00. The first-order chi connectivity index (χ1) is 12.6. The molecule has 1 fully saturated rings. The third kappa shape index (κ3) is 3.94. The summed E-state index contributed by atoms with van der Waals surface area (Å²) >= 11 is 7.68. The Morgan fingerprint density at radius 3 is 2.77 bits per heavy atom. The van der Waals surface area contributed by atoms with E-state index >= 15 is 0 Å². The lowest BCUT2D eigenvalue weighted by atomic mass is 9.84. The average molecular weight is 399 g/mol. The third-order valence-corrected chi connectivity index (χ3v) is 6.32. The largest absolute Gasteiger partial charge is 0.386 e. The number of nitrogens with zero attached hydrogens (tertiary/aromatic N) is 2. The van der Waals surface area contributed by atoms with E-state index in [0.29, 0.717) is 17.5 Å². The van der Waals surface area contributed by atoms with Gasteiger partial charge in [-0.2, -0.15) is 0 Å². The van der Waals surface area contributed by atoms with Crippen LogP contribution in [0.2, 0.25) is 4.34 Å². The zero-order valence-electron chi connectivity index (χ0n) is 15.0. The van der Waals surface area contributed by atoms with Gasteiger partial charge in [-0.3, -0.25) is 9.88 Å². The van der Waals surface area contributed by atoms with E-state index in [1.165, 1.54) is 23.6 Å². The highest BCUT2D eigenvalue weighted by molar-refractivity contribution is 7.16. The van der Waals surface area contributed by atoms with Gasteiger partial charge in [-0.25, -0.2) is 4.39 Å². The number of fused-ring (bicyclic) bond motifs is 2. The lowest BCUT2D eigenvalue weighted by Crippen LogP contribution is -2.46. The molecule has 2 aliphatic rings. The molecule has 26 heavy (non-hydrogen) atoms. The van der Waals surface area contributed by atoms with Crippen LogP contribution in [-0.4, -0.2) is 34.7 Å². The highest BCUT2D eigenvalue weighted by Gasteiger charge is 2.44. The molecule has 1 unspecified atom stereocenters. The summed E-state index contributed by atoms with van der Waals surface area (Å²) in [6.45, 7) is 6.75. The topological polar surface area (TPSA) is 45.6 Å². The van der Waals surface area contributed by atoms with Crippen molar-refractivity contribution in [3.05, 3.63) is 50.7 Å². The smallest absolute Gasteiger partial charge is 0.141 e. The number of rotatable bonds is 2. The van der Waals surface area contributed by atoms with E-state index in [0.717, 1.165) is 42.1 Å². The normalized spacial score (nSPS) is 21.8. The van der Waals surface area contributed by atoms with E-state index in [1.807, 2.05) is 19.9 Å². The van der Waals surface area contributed by atoms with Gasteiger partial charge in [-0.05, 0) is 31.0 Å². The van der Waals surface area contributed by atoms with Gasteiger partial charge in [0.25, 0.3) is 0 Å². The lowest BCUT2D eigenvalue weighted by molar-refractivity contribution is -0.129. The number of hydrogen-bond acceptors (Lipinski definition) is 5. The summed E-state index contributed by atoms with van der Waals surface area (Å²) in [4.78, 5) is 7.50. The number of hydrogen-bond donors (Lipinski definition) is 1. The molecule has 0 bridgehead atoms. The Kier molecular flexibility index (Phi) is 6.30. The Morgan fingerprint density at radius 1 is 1.38 bits per heavy atom. The molecule has 0 radical (unpaired) electrons. The molecule has 2 aromatic heterocycles. The molecule has 7 heteroatoms. The van der Waals surface area contributed by atoms with Crippen LogP contribution in [0.15, 0.2) is 24.4 Å². The van der Waals surface area contributed by atoms with Crippen molar-refractivity contribution in [3.63, 3.8) is 0 Å². The van der Waals surface area contributed by atoms with Crippen LogP contribution in [0, 0.1) is 5.82 Å². The zero-order valence-corrected chi connectivity index (χ0v) is 16.6. The number of pyridine rings is 1. The predicted molar refractivity (Wildman–Crippen MR) is 102 cm³/mol. The maximum Gasteiger partial charge on any atom is 0.141 e. The molecule has 1 saturated heterocycles. The number of likely N-dealkylation sites (tertiary alicyclic amines) is 1. The molecule has 1 spiro atoms. The van der Waals surface area contributed by atoms with Crippen LogP contribution in [0.1, 0.15) is 48.9 Å². The van der Waals surface area contributed by atoms with Crippen LogP contribution in [0.3, 0.4) is 0 Å². The summed E-state index contributed by atoms with van der Waals surface area (Å²) in [6, 6.07) is 5.04. The Morgan fingerprint density at radius 2 is 2.12 bits per heavy atom. The first-order valence-corrected chi connectivity index (χ1v) is 10.2. The highest BCUT2D eigenvalue weighted by atomic mass is 35.5. The van der Waals surface area contributed by atoms with Gasteiger partial charge in [0.2, 0.25) is 0 Å². The highest BCUT2D eigenvalue weighted by Crippen LogP contribution is 2.49. The minimum Gasteiger partial charge on any atom is -0.386 e. The Hall–Kier alpha value is -1.05. The van der Waals surface area contributed by atoms with Crippen molar-refractivity contribution in [2.24, 2.45) is 0 Å². The van der Waals surface area contributed by atoms with Crippen LogP contribution in [0.5, 0.6) is 0 Å². The minimum atomic E-state index is -0.587. The van der Waals surface area contributed by atoms with Crippen molar-refractivity contribution < 1.29 is 14.2 Å². The van der Waals surface area contributed by atoms with Gasteiger partial charge in [0.15, 0.2) is 0 Å². The minimum absolute atomic E-state index is 0.312. The third-order valence-electron chi connectivity index (χ3n) is 4.86. The summed E-state index contributed by atoms with van der Waals surface area (Å²) in [5, 5.41) is 10.1. The molecule has 4 nitrogen and oxygen atoms in total. The molecule has 2 aliphatic heterocycles. The van der Waals surface area contributed by atoms with Crippen LogP contribution in [0.25, 0.3) is 0 Å². The molecule has 1 atom stereocenters. The molecule has 4 heterocycles. The van der Waals surface area contributed by atoms with Crippen molar-refractivity contribution in [1.82, 2.24) is 9.88 Å². The molecule has 0 amide bonds. The monoisotopic (exact) mass is 398 g/mol. The summed E-state index contributed by atoms with van der Waals surface area (Å²) in [5.74, 6) is -0.312. The lowest BCUT2D eigenvalue weighted by Gasteiger charge is -2.44. The number of aliphatic hydroxyl groups is 1. The van der Waals surface area contributed by atoms with Gasteiger partial charge in [0, 0.05) is 30.1 Å². The van der Waals surface area contributed by atoms with E-state index in [9.17, 15) is 9.50 Å². The number of piperidine rings is 1. The second-order valence-electron chi connectivity index (χ2n) is 6.40. The Bertz CT molecular complexity index is 730. The average Bonchev–Trinajstić information content (AvgIpc) is 3.07. The number of ether oxygens (including phenoxy) is 1. The summed E-state index contributed by atoms with van der Waals surface area (Å²) in [7, 11) is 0. The molecule has 2 aromatic rings. The maximum atomic E-state index is 13.0. The number of aliphatic hydroxyl groups excluding tert-OH is 1. The molecule has 0 aliphatic carbocycles. The van der Waals surface area contributed by atoms with E-state index < -0.39 is 6.10 Å². The number of aromatic nitrogens is 1. The fraction of sp³-hybridized carbons (Fsp3) is 0.526. The molecule has 0 aromatic carbocycles. The van der Waals surface area contributed by atoms with E-state index in [4.69, 9.17) is 16.3 Å². The second-order valence-corrected chi connectivity index (χ2v) is 8.08. The van der Waals surface area contributed by atoms with Gasteiger partial charge < -0.3 is 9.84 Å². The fourth-order valence-corrected chi connectivity index (χ4v) is 5.04. The second kappa shape index (κ2) is 8.31. The van der Waals surface area contributed by atoms with Crippen molar-refractivity contribution in [3.8, 4) is 0 Å². The molecule has 0 saturated carbocycles. The fourth-order valence-electron chi connectivity index (χ4n) is 3.54. The van der Waals surface area contributed by atoms with E-state index in [1.54, 1.807) is 6.07 Å². The van der Waals surface area contributed by atoms with E-state index in [-0.39, 0.29) is 11.4 Å². The maximum absolute atomic E-state index is 13.0. The molecular weight excluding hydrogens is 375 g/mol. The van der Waals surface area contributed by atoms with Crippen molar-refractivity contribution in [2.75, 3.05) is 19.7 Å². The number of halogens is 2. The van der Waals surface area contributed by atoms with Gasteiger partial charge in [-0.1, -0.05) is 25.4 Å². The van der Waals surface area contributed by atoms with Crippen molar-refractivity contribution in [1.29, 1.82) is 0 Å². The molecular formula is C19H24ClFN2O2S. The quantitative estimate of drug-likeness (QED) is 0.808. The van der Waals surface area contributed by atoms with Crippen LogP contribution in [0.4, 0.5) is 4.39 Å². The van der Waals surface area contributed by atoms with Crippen molar-refractivity contribution >= 4 is 22.9 Å².